The Morgan fingerprint density at radius 3 is 2.70 bits per heavy atom. The Morgan fingerprint density at radius 1 is 1.30 bits per heavy atom. The molecule has 0 saturated carbocycles. The minimum absolute atomic E-state index is 0.144. The highest BCUT2D eigenvalue weighted by molar-refractivity contribution is 9.10. The number of ether oxygens (including phenoxy) is 2. The SMILES string of the molecule is COc1cc(/C=C2\C(=O)NC(=O)N(Cc3ccco3)C2=O)c(Br)cc1OCC(=O)O. The summed E-state index contributed by atoms with van der Waals surface area (Å²) in [5, 5.41) is 10.9. The van der Waals surface area contributed by atoms with E-state index in [1.165, 1.54) is 31.6 Å². The van der Waals surface area contributed by atoms with Crippen molar-refractivity contribution in [3.8, 4) is 11.5 Å². The maximum Gasteiger partial charge on any atom is 0.341 e. The molecule has 2 aromatic rings. The van der Waals surface area contributed by atoms with Gasteiger partial charge in [0.2, 0.25) is 0 Å². The number of methoxy groups -OCH3 is 1. The normalized spacial score (nSPS) is 15.3. The maximum atomic E-state index is 12.8. The van der Waals surface area contributed by atoms with Crippen LogP contribution in [-0.2, 0) is 20.9 Å². The van der Waals surface area contributed by atoms with E-state index in [1.807, 2.05) is 0 Å². The van der Waals surface area contributed by atoms with Gasteiger partial charge >= 0.3 is 12.0 Å². The molecule has 3 rings (SSSR count). The first-order valence-electron chi connectivity index (χ1n) is 8.43. The zero-order chi connectivity index (χ0) is 21.8. The van der Waals surface area contributed by atoms with Gasteiger partial charge < -0.3 is 19.0 Å². The van der Waals surface area contributed by atoms with Gasteiger partial charge in [-0.1, -0.05) is 15.9 Å². The Kier molecular flexibility index (Phi) is 6.21. The molecule has 11 heteroatoms. The number of carbonyl (C=O) groups excluding carboxylic acids is 3. The summed E-state index contributed by atoms with van der Waals surface area (Å²) >= 11 is 3.29. The average Bonchev–Trinajstić information content (AvgIpc) is 3.21. The summed E-state index contributed by atoms with van der Waals surface area (Å²) in [6.07, 6.45) is 2.69. The van der Waals surface area contributed by atoms with Gasteiger partial charge in [-0.05, 0) is 35.9 Å². The molecule has 0 unspecified atom stereocenters. The van der Waals surface area contributed by atoms with Crippen molar-refractivity contribution >= 4 is 45.8 Å². The summed E-state index contributed by atoms with van der Waals surface area (Å²) in [7, 11) is 1.36. The molecule has 0 spiro atoms. The highest BCUT2D eigenvalue weighted by Crippen LogP contribution is 2.35. The average molecular weight is 479 g/mol. The fourth-order valence-electron chi connectivity index (χ4n) is 2.62. The summed E-state index contributed by atoms with van der Waals surface area (Å²) < 4.78 is 15.9. The van der Waals surface area contributed by atoms with E-state index in [0.29, 0.717) is 15.8 Å². The van der Waals surface area contributed by atoms with Crippen molar-refractivity contribution in [3.63, 3.8) is 0 Å². The number of rotatable bonds is 7. The minimum atomic E-state index is -1.16. The van der Waals surface area contributed by atoms with Crippen LogP contribution in [0.3, 0.4) is 0 Å². The number of carboxylic acids is 1. The summed E-state index contributed by atoms with van der Waals surface area (Å²) in [5.74, 6) is -2.09. The van der Waals surface area contributed by atoms with Gasteiger partial charge in [0.25, 0.3) is 11.8 Å². The molecule has 0 atom stereocenters. The molecule has 2 N–H and O–H groups in total. The van der Waals surface area contributed by atoms with Gasteiger partial charge in [0.15, 0.2) is 18.1 Å². The number of carbonyl (C=O) groups is 4. The van der Waals surface area contributed by atoms with Crippen molar-refractivity contribution in [1.82, 2.24) is 10.2 Å². The number of halogens is 1. The number of barbiturate groups is 1. The first kappa shape index (κ1) is 21.1. The summed E-state index contributed by atoms with van der Waals surface area (Å²) in [6, 6.07) is 5.26. The van der Waals surface area contributed by atoms with Gasteiger partial charge in [-0.3, -0.25) is 19.8 Å². The molecule has 2 heterocycles. The van der Waals surface area contributed by atoms with E-state index in [9.17, 15) is 19.2 Å². The van der Waals surface area contributed by atoms with E-state index >= 15 is 0 Å². The monoisotopic (exact) mass is 478 g/mol. The number of nitrogens with zero attached hydrogens (tertiary/aromatic N) is 1. The molecule has 30 heavy (non-hydrogen) atoms. The number of aliphatic carboxylic acids is 1. The molecule has 10 nitrogen and oxygen atoms in total. The number of hydrogen-bond acceptors (Lipinski definition) is 7. The van der Waals surface area contributed by atoms with Gasteiger partial charge in [0, 0.05) is 4.47 Å². The lowest BCUT2D eigenvalue weighted by Crippen LogP contribution is -2.53. The number of hydrogen-bond donors (Lipinski definition) is 2. The third kappa shape index (κ3) is 4.51. The van der Waals surface area contributed by atoms with Crippen molar-refractivity contribution in [1.29, 1.82) is 0 Å². The van der Waals surface area contributed by atoms with E-state index < -0.39 is 30.4 Å². The first-order valence-corrected chi connectivity index (χ1v) is 9.23. The minimum Gasteiger partial charge on any atom is -0.493 e. The molecule has 1 aromatic carbocycles. The molecule has 0 aliphatic carbocycles. The highest BCUT2D eigenvalue weighted by Gasteiger charge is 2.36. The highest BCUT2D eigenvalue weighted by atomic mass is 79.9. The number of nitrogens with one attached hydrogen (secondary N) is 1. The van der Waals surface area contributed by atoms with Gasteiger partial charge in [-0.2, -0.15) is 0 Å². The lowest BCUT2D eigenvalue weighted by Gasteiger charge is -2.25. The Balaban J connectivity index is 1.93. The molecule has 1 fully saturated rings. The standard InChI is InChI=1S/C19H15BrN2O8/c1-28-14-6-10(13(20)7-15(14)30-9-16(23)24)5-12-17(25)21-19(27)22(18(12)26)8-11-3-2-4-29-11/h2-7H,8-9H2,1H3,(H,23,24)(H,21,25,27)/b12-5+. The van der Waals surface area contributed by atoms with Crippen LogP contribution in [0, 0.1) is 0 Å². The maximum absolute atomic E-state index is 12.8. The van der Waals surface area contributed by atoms with E-state index in [2.05, 4.69) is 21.2 Å². The molecular weight excluding hydrogens is 464 g/mol. The van der Waals surface area contributed by atoms with Gasteiger partial charge in [0.1, 0.15) is 11.3 Å². The number of amides is 4. The van der Waals surface area contributed by atoms with Crippen LogP contribution in [0.4, 0.5) is 4.79 Å². The van der Waals surface area contributed by atoms with E-state index in [0.717, 1.165) is 4.90 Å². The molecule has 156 valence electrons. The second-order valence-corrected chi connectivity index (χ2v) is 6.85. The fourth-order valence-corrected chi connectivity index (χ4v) is 3.06. The smallest absolute Gasteiger partial charge is 0.341 e. The van der Waals surface area contributed by atoms with Gasteiger partial charge in [0.05, 0.1) is 19.9 Å². The van der Waals surface area contributed by atoms with Gasteiger partial charge in [-0.15, -0.1) is 0 Å². The van der Waals surface area contributed by atoms with Gasteiger partial charge in [-0.25, -0.2) is 9.59 Å². The first-order chi connectivity index (χ1) is 14.3. The predicted octanol–water partition coefficient (Wildman–Crippen LogP) is 2.18. The lowest BCUT2D eigenvalue weighted by molar-refractivity contribution is -0.139. The molecule has 0 radical (unpaired) electrons. The van der Waals surface area contributed by atoms with E-state index in [-0.39, 0.29) is 23.6 Å². The molecule has 4 amide bonds. The quantitative estimate of drug-likeness (QED) is 0.456. The number of benzene rings is 1. The third-order valence-electron chi connectivity index (χ3n) is 4.01. The van der Waals surface area contributed by atoms with Crippen molar-refractivity contribution < 1.29 is 38.2 Å². The summed E-state index contributed by atoms with van der Waals surface area (Å²) in [5.41, 5.74) is 0.100. The van der Waals surface area contributed by atoms with Crippen molar-refractivity contribution in [3.05, 3.63) is 51.9 Å². The van der Waals surface area contributed by atoms with Crippen LogP contribution in [-0.4, -0.2) is 47.5 Å². The number of furan rings is 1. The Bertz CT molecular complexity index is 1050. The third-order valence-corrected chi connectivity index (χ3v) is 4.70. The second-order valence-electron chi connectivity index (χ2n) is 5.99. The van der Waals surface area contributed by atoms with Crippen LogP contribution in [0.2, 0.25) is 0 Å². The van der Waals surface area contributed by atoms with Crippen molar-refractivity contribution in [2.45, 2.75) is 6.54 Å². The zero-order valence-corrected chi connectivity index (χ0v) is 17.1. The van der Waals surface area contributed by atoms with E-state index in [4.69, 9.17) is 19.0 Å². The predicted molar refractivity (Wildman–Crippen MR) is 105 cm³/mol. The van der Waals surface area contributed by atoms with Crippen LogP contribution in [0.25, 0.3) is 6.08 Å². The van der Waals surface area contributed by atoms with Crippen LogP contribution in [0.15, 0.2) is 45.0 Å². The number of urea groups is 1. The van der Waals surface area contributed by atoms with Crippen molar-refractivity contribution in [2.24, 2.45) is 0 Å². The molecule has 1 aliphatic heterocycles. The lowest BCUT2D eigenvalue weighted by atomic mass is 10.1. The second kappa shape index (κ2) is 8.82. The summed E-state index contributed by atoms with van der Waals surface area (Å²) in [4.78, 5) is 48.7. The van der Waals surface area contributed by atoms with E-state index in [1.54, 1.807) is 12.1 Å². The topological polar surface area (TPSA) is 135 Å². The Labute approximate surface area is 178 Å². The van der Waals surface area contributed by atoms with Crippen LogP contribution in [0.5, 0.6) is 11.5 Å². The molecule has 0 bridgehead atoms. The number of imide groups is 2. The molecule has 1 aromatic heterocycles. The molecular formula is C19H15BrN2O8. The summed E-state index contributed by atoms with van der Waals surface area (Å²) in [6.45, 7) is -0.720. The zero-order valence-electron chi connectivity index (χ0n) is 15.5. The fraction of sp³-hybridized carbons (Fsp3) is 0.158. The Morgan fingerprint density at radius 2 is 2.07 bits per heavy atom. The van der Waals surface area contributed by atoms with Crippen LogP contribution in [0.1, 0.15) is 11.3 Å². The van der Waals surface area contributed by atoms with Crippen molar-refractivity contribution in [2.75, 3.05) is 13.7 Å². The van der Waals surface area contributed by atoms with Crippen LogP contribution >= 0.6 is 15.9 Å². The molecule has 1 aliphatic rings. The number of carboxylic acid groups (broad SMARTS) is 1. The Hall–Kier alpha value is -3.60. The largest absolute Gasteiger partial charge is 0.493 e. The van der Waals surface area contributed by atoms with Crippen LogP contribution < -0.4 is 14.8 Å². The molecule has 1 saturated heterocycles.